The Morgan fingerprint density at radius 3 is 2.43 bits per heavy atom. The maximum atomic E-state index is 12.9. The number of aromatic nitrogens is 1. The largest absolute Gasteiger partial charge is 0.435 e. The van der Waals surface area contributed by atoms with Crippen LogP contribution in [0.25, 0.3) is 11.6 Å². The Hall–Kier alpha value is -2.83. The van der Waals surface area contributed by atoms with Crippen LogP contribution in [-0.2, 0) is 16.1 Å². The topological polar surface area (TPSA) is 81.3 Å². The number of thiazole rings is 1. The minimum Gasteiger partial charge on any atom is -0.435 e. The summed E-state index contributed by atoms with van der Waals surface area (Å²) in [5.74, 6) is -0.361. The molecule has 0 aliphatic carbocycles. The zero-order valence-corrected chi connectivity index (χ0v) is 17.9. The van der Waals surface area contributed by atoms with Crippen molar-refractivity contribution in [2.24, 2.45) is 5.41 Å². The van der Waals surface area contributed by atoms with Gasteiger partial charge in [-0.05, 0) is 23.8 Å². The van der Waals surface area contributed by atoms with Gasteiger partial charge in [0.1, 0.15) is 22.1 Å². The van der Waals surface area contributed by atoms with Crippen molar-refractivity contribution in [3.8, 4) is 11.8 Å². The van der Waals surface area contributed by atoms with Gasteiger partial charge in [-0.25, -0.2) is 0 Å². The fourth-order valence-electron chi connectivity index (χ4n) is 2.56. The van der Waals surface area contributed by atoms with Crippen LogP contribution in [0.5, 0.6) is 5.75 Å². The van der Waals surface area contributed by atoms with E-state index in [1.54, 1.807) is 26.8 Å². The van der Waals surface area contributed by atoms with Gasteiger partial charge in [-0.3, -0.25) is 14.2 Å². The molecular formula is C21H22F2N2O4S. The van der Waals surface area contributed by atoms with Crippen LogP contribution in [0.15, 0.2) is 29.1 Å². The summed E-state index contributed by atoms with van der Waals surface area (Å²) < 4.78 is 35.9. The highest BCUT2D eigenvalue weighted by atomic mass is 32.1. The predicted octanol–water partition coefficient (Wildman–Crippen LogP) is 2.28. The molecule has 0 amide bonds. The Bertz CT molecular complexity index is 1120. The molecule has 0 unspecified atom stereocenters. The van der Waals surface area contributed by atoms with E-state index in [2.05, 4.69) is 4.74 Å². The summed E-state index contributed by atoms with van der Waals surface area (Å²) >= 11 is 1.03. The summed E-state index contributed by atoms with van der Waals surface area (Å²) in [6.45, 7) is 2.59. The highest BCUT2D eigenvalue weighted by Gasteiger charge is 2.27. The van der Waals surface area contributed by atoms with Crippen molar-refractivity contribution in [3.63, 3.8) is 0 Å². The van der Waals surface area contributed by atoms with E-state index in [0.29, 0.717) is 10.1 Å². The number of carbonyl (C=O) groups is 1. The Morgan fingerprint density at radius 2 is 1.93 bits per heavy atom. The van der Waals surface area contributed by atoms with Crippen LogP contribution in [0.3, 0.4) is 0 Å². The van der Waals surface area contributed by atoms with Gasteiger partial charge in [-0.1, -0.05) is 32.9 Å². The number of halogens is 2. The fourth-order valence-corrected chi connectivity index (χ4v) is 3.68. The third-order valence-corrected chi connectivity index (χ3v) is 5.19. The first-order chi connectivity index (χ1) is 14.1. The highest BCUT2D eigenvalue weighted by Crippen LogP contribution is 2.19. The molecule has 6 nitrogen and oxygen atoms in total. The molecule has 1 aromatic heterocycles. The first kappa shape index (κ1) is 23.4. The molecule has 1 aromatic carbocycles. The second-order valence-electron chi connectivity index (χ2n) is 7.38. The van der Waals surface area contributed by atoms with Crippen LogP contribution >= 0.6 is 11.3 Å². The third kappa shape index (κ3) is 5.62. The molecule has 0 saturated heterocycles. The van der Waals surface area contributed by atoms with E-state index in [9.17, 15) is 23.6 Å². The molecule has 1 heterocycles. The number of benzene rings is 1. The summed E-state index contributed by atoms with van der Waals surface area (Å²) in [5, 5.41) is 9.62. The van der Waals surface area contributed by atoms with Crippen LogP contribution in [0.1, 0.15) is 26.3 Å². The Labute approximate surface area is 176 Å². The quantitative estimate of drug-likeness (QED) is 0.665. The first-order valence-electron chi connectivity index (χ1n) is 9.03. The molecule has 160 valence electrons. The second-order valence-corrected chi connectivity index (χ2v) is 8.41. The van der Waals surface area contributed by atoms with E-state index in [1.165, 1.54) is 35.9 Å². The van der Waals surface area contributed by atoms with Crippen LogP contribution in [0.4, 0.5) is 8.78 Å². The van der Waals surface area contributed by atoms with Gasteiger partial charge in [-0.2, -0.15) is 14.0 Å². The minimum atomic E-state index is -2.92. The Balaban J connectivity index is 2.67. The molecule has 0 radical (unpaired) electrons. The molecule has 2 rings (SSSR count). The monoisotopic (exact) mass is 436 g/mol. The molecule has 9 heteroatoms. The third-order valence-electron chi connectivity index (χ3n) is 4.06. The summed E-state index contributed by atoms with van der Waals surface area (Å²) in [5.41, 5.74) is -0.654. The number of methoxy groups -OCH3 is 1. The van der Waals surface area contributed by atoms with E-state index >= 15 is 0 Å². The SMILES string of the molecule is COCCn1c(=O)/c(=C\c2ccc(OC(F)F)cc2)s/c1=C(/C#N)C(=O)C(C)(C)C. The van der Waals surface area contributed by atoms with Gasteiger partial charge in [0.15, 0.2) is 5.78 Å². The number of rotatable bonds is 7. The molecular weight excluding hydrogens is 414 g/mol. The number of Topliss-reactive ketones (excluding diaryl/α,β-unsaturated/α-hetero) is 1. The van der Waals surface area contributed by atoms with E-state index in [4.69, 9.17) is 4.74 Å². The lowest BCUT2D eigenvalue weighted by Crippen LogP contribution is -2.35. The first-order valence-corrected chi connectivity index (χ1v) is 9.84. The summed E-state index contributed by atoms with van der Waals surface area (Å²) in [7, 11) is 1.49. The summed E-state index contributed by atoms with van der Waals surface area (Å²) in [6.07, 6.45) is 1.57. The lowest BCUT2D eigenvalue weighted by atomic mass is 9.87. The van der Waals surface area contributed by atoms with Crippen molar-refractivity contribution >= 4 is 28.8 Å². The molecule has 0 aliphatic rings. The molecule has 0 spiro atoms. The number of ether oxygens (including phenoxy) is 2. The zero-order chi connectivity index (χ0) is 22.5. The van der Waals surface area contributed by atoms with Crippen molar-refractivity contribution in [2.75, 3.05) is 13.7 Å². The fraction of sp³-hybridized carbons (Fsp3) is 0.381. The van der Waals surface area contributed by atoms with E-state index in [1.807, 2.05) is 6.07 Å². The number of carbonyl (C=O) groups excluding carboxylic acids is 1. The molecule has 0 fully saturated rings. The van der Waals surface area contributed by atoms with Gasteiger partial charge < -0.3 is 9.47 Å². The van der Waals surface area contributed by atoms with Gasteiger partial charge in [-0.15, -0.1) is 11.3 Å². The van der Waals surface area contributed by atoms with Crippen molar-refractivity contribution in [1.29, 1.82) is 5.26 Å². The molecule has 0 atom stereocenters. The number of hydrogen-bond acceptors (Lipinski definition) is 6. The molecule has 0 aliphatic heterocycles. The predicted molar refractivity (Wildman–Crippen MR) is 110 cm³/mol. The standard InChI is InChI=1S/C21H22F2N2O4S/c1-21(2,3)17(26)15(12-24)19-25(9-10-28-4)18(27)16(30-19)11-13-5-7-14(8-6-13)29-20(22)23/h5-8,11,20H,9-10H2,1-4H3/b16-11+,19-15-. The van der Waals surface area contributed by atoms with Crippen LogP contribution < -0.4 is 19.5 Å². The molecule has 0 bridgehead atoms. The lowest BCUT2D eigenvalue weighted by Gasteiger charge is -2.15. The van der Waals surface area contributed by atoms with Gasteiger partial charge in [0.2, 0.25) is 0 Å². The zero-order valence-electron chi connectivity index (χ0n) is 17.1. The summed E-state index contributed by atoms with van der Waals surface area (Å²) in [6, 6.07) is 7.75. The van der Waals surface area contributed by atoms with Gasteiger partial charge in [0.25, 0.3) is 5.56 Å². The van der Waals surface area contributed by atoms with E-state index in [0.717, 1.165) is 11.3 Å². The second kappa shape index (κ2) is 9.78. The van der Waals surface area contributed by atoms with Gasteiger partial charge in [0.05, 0.1) is 17.7 Å². The average Bonchev–Trinajstić information content (AvgIpc) is 2.96. The van der Waals surface area contributed by atoms with E-state index in [-0.39, 0.29) is 40.5 Å². The molecule has 0 saturated carbocycles. The number of alkyl halides is 2. The van der Waals surface area contributed by atoms with Crippen molar-refractivity contribution < 1.29 is 23.0 Å². The normalized spacial score (nSPS) is 13.3. The minimum absolute atomic E-state index is 0.00222. The maximum Gasteiger partial charge on any atom is 0.387 e. The van der Waals surface area contributed by atoms with Crippen LogP contribution in [0, 0.1) is 16.7 Å². The van der Waals surface area contributed by atoms with Gasteiger partial charge in [0, 0.05) is 12.5 Å². The average molecular weight is 436 g/mol. The smallest absolute Gasteiger partial charge is 0.387 e. The molecule has 30 heavy (non-hydrogen) atoms. The van der Waals surface area contributed by atoms with Crippen molar-refractivity contribution in [2.45, 2.75) is 33.9 Å². The number of nitrogens with zero attached hydrogens (tertiary/aromatic N) is 2. The Kier molecular flexibility index (Phi) is 7.65. The molecule has 0 N–H and O–H groups in total. The van der Waals surface area contributed by atoms with Crippen LogP contribution in [0.2, 0.25) is 0 Å². The maximum absolute atomic E-state index is 12.9. The molecule has 2 aromatic rings. The number of nitriles is 1. The number of hydrogen-bond donors (Lipinski definition) is 0. The highest BCUT2D eigenvalue weighted by molar-refractivity contribution is 7.07. The van der Waals surface area contributed by atoms with Crippen molar-refractivity contribution in [1.82, 2.24) is 4.57 Å². The summed E-state index contributed by atoms with van der Waals surface area (Å²) in [4.78, 5) is 25.7. The van der Waals surface area contributed by atoms with Crippen LogP contribution in [-0.4, -0.2) is 30.7 Å². The van der Waals surface area contributed by atoms with E-state index < -0.39 is 12.0 Å². The number of ketones is 1. The van der Waals surface area contributed by atoms with Gasteiger partial charge >= 0.3 is 6.61 Å². The lowest BCUT2D eigenvalue weighted by molar-refractivity contribution is -0.120. The van der Waals surface area contributed by atoms with Crippen molar-refractivity contribution in [3.05, 3.63) is 49.4 Å². The Morgan fingerprint density at radius 1 is 1.30 bits per heavy atom.